The Morgan fingerprint density at radius 1 is 1.53 bits per heavy atom. The molecule has 0 saturated carbocycles. The van der Waals surface area contributed by atoms with Crippen molar-refractivity contribution in [3.05, 3.63) is 28.2 Å². The Balaban J connectivity index is 2.77. The lowest BCUT2D eigenvalue weighted by Crippen LogP contribution is -2.04. The Morgan fingerprint density at radius 3 is 3.00 bits per heavy atom. The lowest BCUT2D eigenvalue weighted by Gasteiger charge is -2.12. The molecule has 1 N–H and O–H groups in total. The number of hydrogen-bond donors (Lipinski definition) is 1. The summed E-state index contributed by atoms with van der Waals surface area (Å²) in [7, 11) is 1.69. The van der Waals surface area contributed by atoms with E-state index in [1.807, 2.05) is 18.2 Å². The molecule has 1 aromatic carbocycles. The highest BCUT2D eigenvalue weighted by Crippen LogP contribution is 2.25. The van der Waals surface area contributed by atoms with Crippen molar-refractivity contribution in [2.24, 2.45) is 0 Å². The van der Waals surface area contributed by atoms with Crippen LogP contribution in [-0.4, -0.2) is 13.7 Å². The SMILES string of the molecule is C#CCCNc1cccc(Br)c1COC. The van der Waals surface area contributed by atoms with Crippen LogP contribution in [0.2, 0.25) is 0 Å². The van der Waals surface area contributed by atoms with Gasteiger partial charge in [-0.25, -0.2) is 0 Å². The van der Waals surface area contributed by atoms with Crippen LogP contribution >= 0.6 is 15.9 Å². The maximum Gasteiger partial charge on any atom is 0.0744 e. The van der Waals surface area contributed by atoms with Gasteiger partial charge in [0.05, 0.1) is 6.61 Å². The predicted molar refractivity (Wildman–Crippen MR) is 66.8 cm³/mol. The predicted octanol–water partition coefficient (Wildman–Crippen LogP) is 3.03. The molecule has 0 aliphatic carbocycles. The van der Waals surface area contributed by atoms with Gasteiger partial charge in [0.2, 0.25) is 0 Å². The molecule has 0 aliphatic rings. The van der Waals surface area contributed by atoms with Gasteiger partial charge in [-0.15, -0.1) is 12.3 Å². The van der Waals surface area contributed by atoms with Gasteiger partial charge in [0.15, 0.2) is 0 Å². The molecule has 0 unspecified atom stereocenters. The zero-order valence-electron chi connectivity index (χ0n) is 8.72. The summed E-state index contributed by atoms with van der Waals surface area (Å²) in [5.74, 6) is 2.60. The highest BCUT2D eigenvalue weighted by Gasteiger charge is 2.05. The van der Waals surface area contributed by atoms with E-state index in [1.54, 1.807) is 7.11 Å². The number of halogens is 1. The highest BCUT2D eigenvalue weighted by molar-refractivity contribution is 9.10. The van der Waals surface area contributed by atoms with E-state index in [-0.39, 0.29) is 0 Å². The zero-order chi connectivity index (χ0) is 11.1. The summed E-state index contributed by atoms with van der Waals surface area (Å²) in [5.41, 5.74) is 2.19. The minimum Gasteiger partial charge on any atom is -0.384 e. The number of nitrogens with one attached hydrogen (secondary N) is 1. The quantitative estimate of drug-likeness (QED) is 0.654. The summed E-state index contributed by atoms with van der Waals surface area (Å²) in [5, 5.41) is 3.29. The van der Waals surface area contributed by atoms with Crippen molar-refractivity contribution in [2.75, 3.05) is 19.0 Å². The molecule has 1 aromatic rings. The molecule has 2 nitrogen and oxygen atoms in total. The first-order chi connectivity index (χ1) is 7.29. The number of hydrogen-bond acceptors (Lipinski definition) is 2. The van der Waals surface area contributed by atoms with Crippen molar-refractivity contribution >= 4 is 21.6 Å². The molecule has 0 atom stereocenters. The molecular formula is C12H14BrNO. The second-order valence-corrected chi connectivity index (χ2v) is 3.93. The molecule has 0 spiro atoms. The second kappa shape index (κ2) is 6.49. The molecule has 1 rings (SSSR count). The van der Waals surface area contributed by atoms with Crippen LogP contribution in [0, 0.1) is 12.3 Å². The average molecular weight is 268 g/mol. The number of terminal acetylenes is 1. The molecule has 0 saturated heterocycles. The fourth-order valence-electron chi connectivity index (χ4n) is 1.28. The van der Waals surface area contributed by atoms with Crippen molar-refractivity contribution in [1.29, 1.82) is 0 Å². The number of benzene rings is 1. The molecule has 0 aromatic heterocycles. The Morgan fingerprint density at radius 2 is 2.33 bits per heavy atom. The van der Waals surface area contributed by atoms with E-state index in [0.29, 0.717) is 6.61 Å². The van der Waals surface area contributed by atoms with Crippen LogP contribution in [0.4, 0.5) is 5.69 Å². The van der Waals surface area contributed by atoms with Gasteiger partial charge >= 0.3 is 0 Å². The van der Waals surface area contributed by atoms with Gasteiger partial charge in [-0.2, -0.15) is 0 Å². The fourth-order valence-corrected chi connectivity index (χ4v) is 1.77. The van der Waals surface area contributed by atoms with Crippen LogP contribution in [0.1, 0.15) is 12.0 Å². The Bertz CT molecular complexity index is 357. The lowest BCUT2D eigenvalue weighted by molar-refractivity contribution is 0.185. The standard InChI is InChI=1S/C12H14BrNO/c1-3-4-8-14-12-7-5-6-11(13)10(12)9-15-2/h1,5-7,14H,4,8-9H2,2H3. The topological polar surface area (TPSA) is 21.3 Å². The maximum atomic E-state index is 5.20. The van der Waals surface area contributed by atoms with Gasteiger partial charge in [0.1, 0.15) is 0 Å². The Labute approximate surface area is 99.2 Å². The molecule has 0 fully saturated rings. The van der Waals surface area contributed by atoms with Gasteiger partial charge < -0.3 is 10.1 Å². The van der Waals surface area contributed by atoms with Gasteiger partial charge in [-0.05, 0) is 12.1 Å². The molecule has 0 bridgehead atoms. The smallest absolute Gasteiger partial charge is 0.0744 e. The largest absolute Gasteiger partial charge is 0.384 e. The van der Waals surface area contributed by atoms with Crippen molar-refractivity contribution in [2.45, 2.75) is 13.0 Å². The summed E-state index contributed by atoms with van der Waals surface area (Å²) in [6.07, 6.45) is 5.92. The van der Waals surface area contributed by atoms with Crippen LogP contribution < -0.4 is 5.32 Å². The molecule has 0 radical (unpaired) electrons. The molecule has 0 heterocycles. The molecule has 0 aliphatic heterocycles. The van der Waals surface area contributed by atoms with E-state index in [0.717, 1.165) is 28.7 Å². The summed E-state index contributed by atoms with van der Waals surface area (Å²) in [6, 6.07) is 6.01. The first kappa shape index (κ1) is 12.1. The monoisotopic (exact) mass is 267 g/mol. The third-order valence-corrected chi connectivity index (χ3v) is 2.74. The van der Waals surface area contributed by atoms with Gasteiger partial charge in [0, 0.05) is 35.8 Å². The first-order valence-electron chi connectivity index (χ1n) is 4.73. The minimum absolute atomic E-state index is 0.583. The number of methoxy groups -OCH3 is 1. The molecule has 80 valence electrons. The van der Waals surface area contributed by atoms with Crippen LogP contribution in [0.15, 0.2) is 22.7 Å². The van der Waals surface area contributed by atoms with Crippen LogP contribution in [0.5, 0.6) is 0 Å². The number of ether oxygens (including phenoxy) is 1. The molecule has 3 heteroatoms. The molecule has 15 heavy (non-hydrogen) atoms. The second-order valence-electron chi connectivity index (χ2n) is 3.08. The zero-order valence-corrected chi connectivity index (χ0v) is 10.3. The molecule has 0 amide bonds. The van der Waals surface area contributed by atoms with E-state index in [4.69, 9.17) is 11.2 Å². The Kier molecular flexibility index (Phi) is 5.23. The van der Waals surface area contributed by atoms with E-state index < -0.39 is 0 Å². The van der Waals surface area contributed by atoms with Crippen molar-refractivity contribution < 1.29 is 4.74 Å². The van der Waals surface area contributed by atoms with Crippen molar-refractivity contribution in [3.63, 3.8) is 0 Å². The maximum absolute atomic E-state index is 5.20. The van der Waals surface area contributed by atoms with Crippen LogP contribution in [-0.2, 0) is 11.3 Å². The summed E-state index contributed by atoms with van der Waals surface area (Å²) in [4.78, 5) is 0. The van der Waals surface area contributed by atoms with Crippen LogP contribution in [0.25, 0.3) is 0 Å². The fraction of sp³-hybridized carbons (Fsp3) is 0.333. The summed E-state index contributed by atoms with van der Waals surface area (Å²) in [6.45, 7) is 1.36. The third kappa shape index (κ3) is 3.58. The minimum atomic E-state index is 0.583. The summed E-state index contributed by atoms with van der Waals surface area (Å²) < 4.78 is 6.20. The van der Waals surface area contributed by atoms with Crippen molar-refractivity contribution in [3.8, 4) is 12.3 Å². The van der Waals surface area contributed by atoms with E-state index in [1.165, 1.54) is 0 Å². The first-order valence-corrected chi connectivity index (χ1v) is 5.52. The van der Waals surface area contributed by atoms with Gasteiger partial charge in [-0.3, -0.25) is 0 Å². The normalized spacial score (nSPS) is 9.67. The summed E-state index contributed by atoms with van der Waals surface area (Å²) >= 11 is 3.50. The van der Waals surface area contributed by atoms with Gasteiger partial charge in [-0.1, -0.05) is 22.0 Å². The third-order valence-electron chi connectivity index (χ3n) is 1.99. The molecular weight excluding hydrogens is 254 g/mol. The van der Waals surface area contributed by atoms with E-state index >= 15 is 0 Å². The van der Waals surface area contributed by atoms with Gasteiger partial charge in [0.25, 0.3) is 0 Å². The average Bonchev–Trinajstić information content (AvgIpc) is 2.23. The van der Waals surface area contributed by atoms with Crippen LogP contribution in [0.3, 0.4) is 0 Å². The highest BCUT2D eigenvalue weighted by atomic mass is 79.9. The van der Waals surface area contributed by atoms with E-state index in [2.05, 4.69) is 27.2 Å². The number of rotatable bonds is 5. The lowest BCUT2D eigenvalue weighted by atomic mass is 10.2. The van der Waals surface area contributed by atoms with Crippen molar-refractivity contribution in [1.82, 2.24) is 0 Å². The van der Waals surface area contributed by atoms with E-state index in [9.17, 15) is 0 Å². The Hall–Kier alpha value is -0.980. The number of anilines is 1.